The van der Waals surface area contributed by atoms with Crippen molar-refractivity contribution in [2.45, 2.75) is 45.6 Å². The number of piperazine rings is 1. The summed E-state index contributed by atoms with van der Waals surface area (Å²) in [4.78, 5) is 17.5. The van der Waals surface area contributed by atoms with Gasteiger partial charge in [-0.05, 0) is 43.2 Å². The number of hydrogen-bond donors (Lipinski definition) is 0. The Hall–Kier alpha value is -1.39. The molecule has 0 N–H and O–H groups in total. The molecule has 144 valence electrons. The van der Waals surface area contributed by atoms with Crippen molar-refractivity contribution in [2.75, 3.05) is 39.8 Å². The average Bonchev–Trinajstić information content (AvgIpc) is 2.63. The summed E-state index contributed by atoms with van der Waals surface area (Å²) in [5, 5.41) is 0. The van der Waals surface area contributed by atoms with Crippen LogP contribution in [0.15, 0.2) is 30.3 Å². The lowest BCUT2D eigenvalue weighted by atomic mass is 9.69. The van der Waals surface area contributed by atoms with E-state index in [0.29, 0.717) is 18.2 Å². The zero-order chi connectivity index (χ0) is 18.6. The van der Waals surface area contributed by atoms with E-state index in [9.17, 15) is 4.79 Å². The lowest BCUT2D eigenvalue weighted by Gasteiger charge is -2.43. The van der Waals surface area contributed by atoms with Crippen molar-refractivity contribution in [2.24, 2.45) is 11.3 Å². The van der Waals surface area contributed by atoms with Gasteiger partial charge in [-0.3, -0.25) is 4.79 Å². The Morgan fingerprint density at radius 2 is 1.88 bits per heavy atom. The number of nitrogens with zero attached hydrogens (tertiary/aromatic N) is 2. The van der Waals surface area contributed by atoms with Gasteiger partial charge in [0.25, 0.3) is 0 Å². The number of amides is 1. The first-order valence-corrected chi connectivity index (χ1v) is 10.1. The van der Waals surface area contributed by atoms with E-state index in [1.54, 1.807) is 0 Å². The van der Waals surface area contributed by atoms with Gasteiger partial charge in [0.15, 0.2) is 0 Å². The van der Waals surface area contributed by atoms with Crippen molar-refractivity contribution >= 4 is 5.91 Å². The largest absolute Gasteiger partial charge is 0.378 e. The summed E-state index contributed by atoms with van der Waals surface area (Å²) < 4.78 is 6.04. The minimum absolute atomic E-state index is 0.0228. The zero-order valence-electron chi connectivity index (χ0n) is 16.6. The summed E-state index contributed by atoms with van der Waals surface area (Å²) in [6.07, 6.45) is 3.84. The number of benzene rings is 1. The maximum absolute atomic E-state index is 13.1. The lowest BCUT2D eigenvalue weighted by Crippen LogP contribution is -2.49. The molecule has 2 fully saturated rings. The Labute approximate surface area is 158 Å². The van der Waals surface area contributed by atoms with Crippen molar-refractivity contribution in [1.82, 2.24) is 9.80 Å². The minimum Gasteiger partial charge on any atom is -0.378 e. The van der Waals surface area contributed by atoms with Crippen LogP contribution in [0, 0.1) is 11.3 Å². The summed E-state index contributed by atoms with van der Waals surface area (Å²) in [7, 11) is 2.13. The summed E-state index contributed by atoms with van der Waals surface area (Å²) in [5.74, 6) is 0.822. The normalized spacial score (nSPS) is 27.7. The van der Waals surface area contributed by atoms with Gasteiger partial charge >= 0.3 is 0 Å². The molecule has 2 aliphatic heterocycles. The van der Waals surface area contributed by atoms with Gasteiger partial charge in [0.2, 0.25) is 5.91 Å². The third kappa shape index (κ3) is 4.86. The molecule has 2 atom stereocenters. The second kappa shape index (κ2) is 8.53. The first-order valence-electron chi connectivity index (χ1n) is 10.1. The van der Waals surface area contributed by atoms with Crippen LogP contribution in [-0.4, -0.2) is 61.6 Å². The Kier molecular flexibility index (Phi) is 6.36. The molecule has 2 saturated heterocycles. The highest BCUT2D eigenvalue weighted by molar-refractivity contribution is 5.77. The Bertz CT molecular complexity index is 581. The fourth-order valence-corrected chi connectivity index (χ4v) is 4.34. The molecule has 2 aliphatic rings. The molecule has 1 aromatic rings. The predicted molar refractivity (Wildman–Crippen MR) is 105 cm³/mol. The Morgan fingerprint density at radius 3 is 2.54 bits per heavy atom. The third-order valence-corrected chi connectivity index (χ3v) is 6.15. The van der Waals surface area contributed by atoms with Crippen molar-refractivity contribution in [3.8, 4) is 0 Å². The molecule has 0 radical (unpaired) electrons. The van der Waals surface area contributed by atoms with Crippen LogP contribution in [0.25, 0.3) is 0 Å². The van der Waals surface area contributed by atoms with E-state index in [4.69, 9.17) is 4.74 Å². The Balaban J connectivity index is 1.75. The topological polar surface area (TPSA) is 32.8 Å². The molecule has 1 amide bonds. The quantitative estimate of drug-likeness (QED) is 0.810. The molecule has 0 aliphatic carbocycles. The highest BCUT2D eigenvalue weighted by atomic mass is 16.5. The maximum atomic E-state index is 13.1. The van der Waals surface area contributed by atoms with Crippen molar-refractivity contribution in [3.05, 3.63) is 35.9 Å². The molecule has 1 aromatic carbocycles. The molecule has 4 heteroatoms. The third-order valence-electron chi connectivity index (χ3n) is 6.15. The van der Waals surface area contributed by atoms with Gasteiger partial charge < -0.3 is 14.5 Å². The van der Waals surface area contributed by atoms with Gasteiger partial charge in [-0.25, -0.2) is 0 Å². The van der Waals surface area contributed by atoms with Crippen LogP contribution < -0.4 is 0 Å². The molecule has 26 heavy (non-hydrogen) atoms. The van der Waals surface area contributed by atoms with Gasteiger partial charge in [0, 0.05) is 39.2 Å². The van der Waals surface area contributed by atoms with Gasteiger partial charge in [-0.2, -0.15) is 0 Å². The van der Waals surface area contributed by atoms with E-state index < -0.39 is 0 Å². The summed E-state index contributed by atoms with van der Waals surface area (Å²) >= 11 is 0. The summed E-state index contributed by atoms with van der Waals surface area (Å²) in [5.41, 5.74) is 1.36. The van der Waals surface area contributed by atoms with Crippen molar-refractivity contribution in [1.29, 1.82) is 0 Å². The van der Waals surface area contributed by atoms with Crippen LogP contribution in [0.2, 0.25) is 0 Å². The highest BCUT2D eigenvalue weighted by Gasteiger charge is 2.40. The van der Waals surface area contributed by atoms with E-state index in [1.807, 2.05) is 0 Å². The number of carbonyl (C=O) groups excluding carboxylic acids is 1. The molecular formula is C22H34N2O2. The molecule has 4 nitrogen and oxygen atoms in total. The van der Waals surface area contributed by atoms with Crippen molar-refractivity contribution < 1.29 is 9.53 Å². The first kappa shape index (κ1) is 19.4. The molecule has 0 bridgehead atoms. The number of ether oxygens (including phenoxy) is 1. The molecule has 0 spiro atoms. The smallest absolute Gasteiger partial charge is 0.223 e. The van der Waals surface area contributed by atoms with Crippen LogP contribution in [0.4, 0.5) is 0 Å². The van der Waals surface area contributed by atoms with E-state index >= 15 is 0 Å². The number of carbonyl (C=O) groups is 1. The molecular weight excluding hydrogens is 324 g/mol. The van der Waals surface area contributed by atoms with E-state index in [1.165, 1.54) is 5.56 Å². The predicted octanol–water partition coefficient (Wildman–Crippen LogP) is 3.21. The zero-order valence-corrected chi connectivity index (χ0v) is 16.6. The monoisotopic (exact) mass is 358 g/mol. The minimum atomic E-state index is 0.0228. The van der Waals surface area contributed by atoms with Gasteiger partial charge in [-0.15, -0.1) is 0 Å². The second-order valence-electron chi connectivity index (χ2n) is 8.63. The van der Waals surface area contributed by atoms with E-state index in [-0.39, 0.29) is 11.5 Å². The first-order chi connectivity index (χ1) is 12.5. The Morgan fingerprint density at radius 1 is 1.19 bits per heavy atom. The standard InChI is InChI=1S/C22H34N2O2/c1-18(2)20-16-22(9-14-26-20,15-19-7-5-4-6-8-19)17-21(25)24-12-10-23(3)11-13-24/h4-8,18,20H,9-17H2,1-3H3/t20-,22+/m1/s1. The molecule has 0 unspecified atom stereocenters. The van der Waals surface area contributed by atoms with Gasteiger partial charge in [0.05, 0.1) is 6.10 Å². The van der Waals surface area contributed by atoms with Gasteiger partial charge in [0.1, 0.15) is 0 Å². The molecule has 2 heterocycles. The van der Waals surface area contributed by atoms with Crippen LogP contribution >= 0.6 is 0 Å². The van der Waals surface area contributed by atoms with Crippen LogP contribution in [-0.2, 0) is 16.0 Å². The van der Waals surface area contributed by atoms with Crippen LogP contribution in [0.1, 0.15) is 38.7 Å². The van der Waals surface area contributed by atoms with E-state index in [2.05, 4.69) is 61.0 Å². The number of hydrogen-bond acceptors (Lipinski definition) is 3. The van der Waals surface area contributed by atoms with Crippen molar-refractivity contribution in [3.63, 3.8) is 0 Å². The SMILES string of the molecule is CC(C)[C@H]1C[C@@](CC(=O)N2CCN(C)CC2)(Cc2ccccc2)CCO1. The summed E-state index contributed by atoms with van der Waals surface area (Å²) in [6.45, 7) is 8.91. The maximum Gasteiger partial charge on any atom is 0.223 e. The fraction of sp³-hybridized carbons (Fsp3) is 0.682. The van der Waals surface area contributed by atoms with E-state index in [0.717, 1.165) is 52.0 Å². The second-order valence-corrected chi connectivity index (χ2v) is 8.63. The average molecular weight is 359 g/mol. The number of rotatable bonds is 5. The molecule has 0 aromatic heterocycles. The van der Waals surface area contributed by atoms with Crippen LogP contribution in [0.3, 0.4) is 0 Å². The lowest BCUT2D eigenvalue weighted by molar-refractivity contribution is -0.139. The van der Waals surface area contributed by atoms with Crippen LogP contribution in [0.5, 0.6) is 0 Å². The fourth-order valence-electron chi connectivity index (χ4n) is 4.34. The summed E-state index contributed by atoms with van der Waals surface area (Å²) in [6, 6.07) is 10.7. The number of likely N-dealkylation sites (N-methyl/N-ethyl adjacent to an activating group) is 1. The molecule has 0 saturated carbocycles. The highest BCUT2D eigenvalue weighted by Crippen LogP contribution is 2.42. The van der Waals surface area contributed by atoms with Gasteiger partial charge in [-0.1, -0.05) is 44.2 Å². The molecule has 3 rings (SSSR count).